The molecule has 4 nitrogen and oxygen atoms in total. The quantitative estimate of drug-likeness (QED) is 0.859. The number of fused-ring (bicyclic) bond motifs is 2. The Balaban J connectivity index is 0.00000225. The first-order valence-corrected chi connectivity index (χ1v) is 7.90. The van der Waals surface area contributed by atoms with Crippen molar-refractivity contribution in [1.82, 2.24) is 10.2 Å². The van der Waals surface area contributed by atoms with E-state index in [1.165, 1.54) is 0 Å². The van der Waals surface area contributed by atoms with Crippen LogP contribution in [0.3, 0.4) is 0 Å². The minimum atomic E-state index is -0.373. The molecular weight excluding hydrogens is 336 g/mol. The normalized spacial score (nSPS) is 12.0. The highest BCUT2D eigenvalue weighted by Crippen LogP contribution is 2.43. The number of halogens is 1. The van der Waals surface area contributed by atoms with Gasteiger partial charge in [-0.1, -0.05) is 48.2 Å². The van der Waals surface area contributed by atoms with Gasteiger partial charge >= 0.3 is 0 Å². The van der Waals surface area contributed by atoms with Gasteiger partial charge in [0.1, 0.15) is 11.5 Å². The van der Waals surface area contributed by atoms with Crippen molar-refractivity contribution in [3.63, 3.8) is 0 Å². The molecular formula is C20H21ClN2O2. The van der Waals surface area contributed by atoms with E-state index < -0.39 is 0 Å². The van der Waals surface area contributed by atoms with E-state index in [4.69, 9.17) is 4.74 Å². The molecule has 0 saturated carbocycles. The fourth-order valence-electron chi connectivity index (χ4n) is 2.70. The van der Waals surface area contributed by atoms with E-state index in [0.717, 1.165) is 22.6 Å². The molecule has 0 atom stereocenters. The lowest BCUT2D eigenvalue weighted by atomic mass is 9.87. The zero-order chi connectivity index (χ0) is 16.9. The summed E-state index contributed by atoms with van der Waals surface area (Å²) in [6, 6.07) is 15.3. The smallest absolute Gasteiger partial charge is 0.233 e. The second-order valence-corrected chi connectivity index (χ2v) is 5.92. The highest BCUT2D eigenvalue weighted by molar-refractivity contribution is 5.89. The standard InChI is InChI=1S/C20H20N2O2.ClH/c1-22(2)14-8-7-13-21-20(23)19-15-9-3-5-11-17(15)24-18-12-6-4-10-16(18)19;/h3-6,9-12,19H,13-14H2,1-2H3,(H,21,23);1H. The van der Waals surface area contributed by atoms with Crippen LogP contribution in [0, 0.1) is 11.8 Å². The maximum atomic E-state index is 12.8. The Hall–Kier alpha value is -2.48. The first kappa shape index (κ1) is 18.9. The average Bonchev–Trinajstić information content (AvgIpc) is 2.58. The first-order valence-electron chi connectivity index (χ1n) is 7.90. The number of hydrogen-bond donors (Lipinski definition) is 1. The molecule has 0 bridgehead atoms. The maximum Gasteiger partial charge on any atom is 0.233 e. The fraction of sp³-hybridized carbons (Fsp3) is 0.250. The summed E-state index contributed by atoms with van der Waals surface area (Å²) in [5, 5.41) is 2.92. The monoisotopic (exact) mass is 356 g/mol. The van der Waals surface area contributed by atoms with Gasteiger partial charge in [0.25, 0.3) is 0 Å². The lowest BCUT2D eigenvalue weighted by molar-refractivity contribution is -0.121. The Kier molecular flexibility index (Phi) is 6.46. The van der Waals surface area contributed by atoms with Crippen LogP contribution in [-0.4, -0.2) is 38.0 Å². The highest BCUT2D eigenvalue weighted by Gasteiger charge is 2.31. The molecule has 0 saturated heterocycles. The number of hydrogen-bond acceptors (Lipinski definition) is 3. The Bertz CT molecular complexity index is 763. The second kappa shape index (κ2) is 8.57. The second-order valence-electron chi connectivity index (χ2n) is 5.92. The third kappa shape index (κ3) is 4.33. The van der Waals surface area contributed by atoms with Crippen LogP contribution < -0.4 is 10.1 Å². The van der Waals surface area contributed by atoms with Gasteiger partial charge in [0.15, 0.2) is 0 Å². The summed E-state index contributed by atoms with van der Waals surface area (Å²) in [5.74, 6) is 7.03. The van der Waals surface area contributed by atoms with Gasteiger partial charge in [-0.2, -0.15) is 0 Å². The van der Waals surface area contributed by atoms with Gasteiger partial charge in [-0.3, -0.25) is 9.69 Å². The summed E-state index contributed by atoms with van der Waals surface area (Å²) in [7, 11) is 3.92. The van der Waals surface area contributed by atoms with Crippen molar-refractivity contribution in [3.05, 3.63) is 59.7 Å². The van der Waals surface area contributed by atoms with E-state index in [-0.39, 0.29) is 24.2 Å². The summed E-state index contributed by atoms with van der Waals surface area (Å²) in [6.07, 6.45) is 0. The lowest BCUT2D eigenvalue weighted by Gasteiger charge is -2.27. The Morgan fingerprint density at radius 1 is 1.04 bits per heavy atom. The van der Waals surface area contributed by atoms with Crippen molar-refractivity contribution in [2.24, 2.45) is 0 Å². The van der Waals surface area contributed by atoms with Crippen LogP contribution in [0.15, 0.2) is 48.5 Å². The molecule has 0 spiro atoms. The number of nitrogens with zero attached hydrogens (tertiary/aromatic N) is 1. The Morgan fingerprint density at radius 3 is 2.16 bits per heavy atom. The third-order valence-corrected chi connectivity index (χ3v) is 3.81. The van der Waals surface area contributed by atoms with Gasteiger partial charge in [0.2, 0.25) is 5.91 Å². The predicted octanol–water partition coefficient (Wildman–Crippen LogP) is 3.03. The molecule has 0 unspecified atom stereocenters. The highest BCUT2D eigenvalue weighted by atomic mass is 35.5. The molecule has 1 amide bonds. The van der Waals surface area contributed by atoms with E-state index in [1.807, 2.05) is 67.5 Å². The summed E-state index contributed by atoms with van der Waals surface area (Å²) in [5.41, 5.74) is 1.77. The molecule has 1 aliphatic heterocycles. The molecule has 130 valence electrons. The van der Waals surface area contributed by atoms with Crippen LogP contribution in [-0.2, 0) is 4.79 Å². The number of para-hydroxylation sites is 2. The van der Waals surface area contributed by atoms with E-state index in [1.54, 1.807) is 0 Å². The largest absolute Gasteiger partial charge is 0.457 e. The molecule has 5 heteroatoms. The van der Waals surface area contributed by atoms with Crippen molar-refractivity contribution in [2.45, 2.75) is 5.92 Å². The van der Waals surface area contributed by atoms with E-state index in [2.05, 4.69) is 17.2 Å². The molecule has 0 radical (unpaired) electrons. The number of carbonyl (C=O) groups excluding carboxylic acids is 1. The van der Waals surface area contributed by atoms with Crippen molar-refractivity contribution >= 4 is 18.3 Å². The molecule has 25 heavy (non-hydrogen) atoms. The van der Waals surface area contributed by atoms with Crippen LogP contribution in [0.2, 0.25) is 0 Å². The maximum absolute atomic E-state index is 12.8. The van der Waals surface area contributed by atoms with E-state index in [9.17, 15) is 4.79 Å². The van der Waals surface area contributed by atoms with Crippen LogP contribution in [0.5, 0.6) is 11.5 Å². The van der Waals surface area contributed by atoms with Crippen LogP contribution >= 0.6 is 12.4 Å². The minimum Gasteiger partial charge on any atom is -0.457 e. The molecule has 0 aliphatic carbocycles. The van der Waals surface area contributed by atoms with Gasteiger partial charge in [-0.05, 0) is 26.2 Å². The minimum absolute atomic E-state index is 0. The number of nitrogens with one attached hydrogen (secondary N) is 1. The summed E-state index contributed by atoms with van der Waals surface area (Å²) in [6.45, 7) is 1.02. The summed E-state index contributed by atoms with van der Waals surface area (Å²) >= 11 is 0. The number of carbonyl (C=O) groups is 1. The topological polar surface area (TPSA) is 41.6 Å². The van der Waals surface area contributed by atoms with Crippen molar-refractivity contribution in [3.8, 4) is 23.3 Å². The molecule has 2 aromatic rings. The number of benzene rings is 2. The van der Waals surface area contributed by atoms with Crippen molar-refractivity contribution in [2.75, 3.05) is 27.2 Å². The van der Waals surface area contributed by atoms with Gasteiger partial charge in [0, 0.05) is 11.1 Å². The van der Waals surface area contributed by atoms with Crippen LogP contribution in [0.25, 0.3) is 0 Å². The zero-order valence-corrected chi connectivity index (χ0v) is 15.1. The Labute approximate surface area is 154 Å². The zero-order valence-electron chi connectivity index (χ0n) is 14.3. The lowest BCUT2D eigenvalue weighted by Crippen LogP contribution is -2.31. The molecule has 0 fully saturated rings. The number of amides is 1. The fourth-order valence-corrected chi connectivity index (χ4v) is 2.70. The first-order chi connectivity index (χ1) is 11.7. The van der Waals surface area contributed by atoms with Crippen LogP contribution in [0.1, 0.15) is 17.0 Å². The van der Waals surface area contributed by atoms with Gasteiger partial charge in [-0.15, -0.1) is 12.4 Å². The molecule has 2 aromatic carbocycles. The summed E-state index contributed by atoms with van der Waals surface area (Å²) < 4.78 is 5.91. The third-order valence-electron chi connectivity index (χ3n) is 3.81. The van der Waals surface area contributed by atoms with E-state index in [0.29, 0.717) is 13.1 Å². The van der Waals surface area contributed by atoms with Crippen LogP contribution in [0.4, 0.5) is 0 Å². The summed E-state index contributed by atoms with van der Waals surface area (Å²) in [4.78, 5) is 14.8. The molecule has 0 aromatic heterocycles. The number of rotatable bonds is 3. The van der Waals surface area contributed by atoms with Gasteiger partial charge in [-0.25, -0.2) is 0 Å². The molecule has 1 heterocycles. The molecule has 1 aliphatic rings. The predicted molar refractivity (Wildman–Crippen MR) is 101 cm³/mol. The Morgan fingerprint density at radius 2 is 1.60 bits per heavy atom. The van der Waals surface area contributed by atoms with E-state index >= 15 is 0 Å². The van der Waals surface area contributed by atoms with Gasteiger partial charge < -0.3 is 10.1 Å². The molecule has 3 rings (SSSR count). The van der Waals surface area contributed by atoms with Gasteiger partial charge in [0.05, 0.1) is 19.0 Å². The van der Waals surface area contributed by atoms with Crippen molar-refractivity contribution in [1.29, 1.82) is 0 Å². The molecule has 1 N–H and O–H groups in total. The average molecular weight is 357 g/mol. The number of ether oxygens (including phenoxy) is 1. The van der Waals surface area contributed by atoms with Crippen molar-refractivity contribution < 1.29 is 9.53 Å². The SMILES string of the molecule is CN(C)CC#CCNC(=O)C1c2ccccc2Oc2ccccc21.Cl.